The van der Waals surface area contributed by atoms with Crippen LogP contribution in [0.15, 0.2) is 42.5 Å². The highest BCUT2D eigenvalue weighted by atomic mass is 14.7. The molecule has 0 saturated carbocycles. The number of benzene rings is 1. The normalized spacial score (nSPS) is 10.9. The predicted octanol–water partition coefficient (Wildman–Crippen LogP) is 4.12. The molecule has 0 amide bonds. The fraction of sp³-hybridized carbons (Fsp3) is 0.188. The molecule has 1 nitrogen and oxygen atoms in total. The Hall–Kier alpha value is -1.89. The molecule has 2 rings (SSSR count). The average molecular weight is 223 g/mol. The minimum atomic E-state index is 1.00. The lowest BCUT2D eigenvalue weighted by Gasteiger charge is -1.98. The largest absolute Gasteiger partial charge is 0.254 e. The summed E-state index contributed by atoms with van der Waals surface area (Å²) in [6, 6.07) is 14.7. The number of hydrogen-bond acceptors (Lipinski definition) is 1. The summed E-state index contributed by atoms with van der Waals surface area (Å²) in [6.07, 6.45) is 5.23. The summed E-state index contributed by atoms with van der Waals surface area (Å²) >= 11 is 0. The molecule has 0 aliphatic rings. The second-order valence-electron chi connectivity index (χ2n) is 4.13. The molecule has 0 spiro atoms. The summed E-state index contributed by atoms with van der Waals surface area (Å²) in [7, 11) is 0. The Morgan fingerprint density at radius 1 is 1.00 bits per heavy atom. The van der Waals surface area contributed by atoms with E-state index in [1.165, 1.54) is 11.1 Å². The van der Waals surface area contributed by atoms with E-state index >= 15 is 0 Å². The fourth-order valence-corrected chi connectivity index (χ4v) is 1.70. The molecule has 0 atom stereocenters. The van der Waals surface area contributed by atoms with Crippen molar-refractivity contribution in [1.82, 2.24) is 4.98 Å². The third-order valence-electron chi connectivity index (χ3n) is 2.74. The van der Waals surface area contributed by atoms with Gasteiger partial charge in [0.05, 0.1) is 5.69 Å². The van der Waals surface area contributed by atoms with Crippen molar-refractivity contribution in [1.29, 1.82) is 0 Å². The Labute approximate surface area is 103 Å². The van der Waals surface area contributed by atoms with Crippen molar-refractivity contribution in [2.24, 2.45) is 0 Å². The van der Waals surface area contributed by atoms with E-state index in [0.717, 1.165) is 17.8 Å². The van der Waals surface area contributed by atoms with Crippen molar-refractivity contribution < 1.29 is 0 Å². The lowest BCUT2D eigenvalue weighted by molar-refractivity contribution is 1.14. The summed E-state index contributed by atoms with van der Waals surface area (Å²) < 4.78 is 0. The summed E-state index contributed by atoms with van der Waals surface area (Å²) in [5, 5.41) is 0. The smallest absolute Gasteiger partial charge is 0.0633 e. The van der Waals surface area contributed by atoms with Gasteiger partial charge in [0.2, 0.25) is 0 Å². The Bertz CT molecular complexity index is 509. The standard InChI is InChI=1S/C16H17N/c1-3-14-7-9-15(10-8-14)11-12-16-6-4-5-13(2)17-16/h4-12H,3H2,1-2H3. The van der Waals surface area contributed by atoms with Gasteiger partial charge in [0.25, 0.3) is 0 Å². The molecule has 1 heteroatoms. The topological polar surface area (TPSA) is 12.9 Å². The zero-order valence-corrected chi connectivity index (χ0v) is 10.4. The van der Waals surface area contributed by atoms with E-state index in [9.17, 15) is 0 Å². The number of aromatic nitrogens is 1. The van der Waals surface area contributed by atoms with Gasteiger partial charge in [-0.3, -0.25) is 4.98 Å². The van der Waals surface area contributed by atoms with E-state index in [4.69, 9.17) is 0 Å². The fourth-order valence-electron chi connectivity index (χ4n) is 1.70. The van der Waals surface area contributed by atoms with E-state index in [2.05, 4.69) is 42.2 Å². The maximum atomic E-state index is 4.44. The van der Waals surface area contributed by atoms with Crippen molar-refractivity contribution >= 4 is 12.2 Å². The molecule has 0 N–H and O–H groups in total. The van der Waals surface area contributed by atoms with Gasteiger partial charge in [-0.1, -0.05) is 43.3 Å². The van der Waals surface area contributed by atoms with Crippen LogP contribution in [0.2, 0.25) is 0 Å². The first-order valence-corrected chi connectivity index (χ1v) is 5.98. The van der Waals surface area contributed by atoms with Crippen LogP contribution in [-0.4, -0.2) is 4.98 Å². The van der Waals surface area contributed by atoms with E-state index in [-0.39, 0.29) is 0 Å². The molecule has 0 saturated heterocycles. The van der Waals surface area contributed by atoms with Crippen LogP contribution in [0, 0.1) is 6.92 Å². The molecule has 1 heterocycles. The summed E-state index contributed by atoms with van der Waals surface area (Å²) in [4.78, 5) is 4.44. The molecule has 0 radical (unpaired) electrons. The molecule has 0 bridgehead atoms. The van der Waals surface area contributed by atoms with Crippen LogP contribution in [0.4, 0.5) is 0 Å². The van der Waals surface area contributed by atoms with Gasteiger partial charge in [-0.2, -0.15) is 0 Å². The Kier molecular flexibility index (Phi) is 3.71. The van der Waals surface area contributed by atoms with Gasteiger partial charge in [-0.05, 0) is 42.7 Å². The first-order chi connectivity index (χ1) is 8.28. The van der Waals surface area contributed by atoms with Gasteiger partial charge < -0.3 is 0 Å². The molecule has 0 aliphatic carbocycles. The third kappa shape index (κ3) is 3.28. The molecule has 1 aromatic carbocycles. The molecular formula is C16H17N. The van der Waals surface area contributed by atoms with Crippen molar-refractivity contribution in [2.45, 2.75) is 20.3 Å². The van der Waals surface area contributed by atoms with Crippen LogP contribution in [-0.2, 0) is 6.42 Å². The number of aryl methyl sites for hydroxylation is 2. The van der Waals surface area contributed by atoms with Crippen LogP contribution < -0.4 is 0 Å². The highest BCUT2D eigenvalue weighted by Crippen LogP contribution is 2.09. The van der Waals surface area contributed by atoms with Gasteiger partial charge in [0.1, 0.15) is 0 Å². The Morgan fingerprint density at radius 2 is 1.76 bits per heavy atom. The van der Waals surface area contributed by atoms with Gasteiger partial charge >= 0.3 is 0 Å². The maximum Gasteiger partial charge on any atom is 0.0633 e. The lowest BCUT2D eigenvalue weighted by Crippen LogP contribution is -1.83. The van der Waals surface area contributed by atoms with E-state index in [1.807, 2.05) is 31.2 Å². The van der Waals surface area contributed by atoms with Crippen LogP contribution in [0.5, 0.6) is 0 Å². The van der Waals surface area contributed by atoms with Gasteiger partial charge in [0.15, 0.2) is 0 Å². The minimum Gasteiger partial charge on any atom is -0.254 e. The second kappa shape index (κ2) is 5.44. The molecule has 17 heavy (non-hydrogen) atoms. The molecule has 2 aromatic rings. The van der Waals surface area contributed by atoms with Gasteiger partial charge in [-0.15, -0.1) is 0 Å². The zero-order valence-electron chi connectivity index (χ0n) is 10.4. The van der Waals surface area contributed by atoms with E-state index < -0.39 is 0 Å². The summed E-state index contributed by atoms with van der Waals surface area (Å²) in [5.41, 5.74) is 4.64. The van der Waals surface area contributed by atoms with Crippen LogP contribution >= 0.6 is 0 Å². The van der Waals surface area contributed by atoms with Crippen molar-refractivity contribution in [3.63, 3.8) is 0 Å². The van der Waals surface area contributed by atoms with Crippen LogP contribution in [0.3, 0.4) is 0 Å². The average Bonchev–Trinajstić information content (AvgIpc) is 2.37. The Morgan fingerprint density at radius 3 is 2.41 bits per heavy atom. The monoisotopic (exact) mass is 223 g/mol. The van der Waals surface area contributed by atoms with Crippen LogP contribution in [0.1, 0.15) is 29.4 Å². The molecule has 0 fully saturated rings. The summed E-state index contributed by atoms with van der Waals surface area (Å²) in [5.74, 6) is 0. The van der Waals surface area contributed by atoms with E-state index in [1.54, 1.807) is 0 Å². The maximum absolute atomic E-state index is 4.44. The van der Waals surface area contributed by atoms with Gasteiger partial charge in [-0.25, -0.2) is 0 Å². The van der Waals surface area contributed by atoms with E-state index in [0.29, 0.717) is 0 Å². The van der Waals surface area contributed by atoms with Gasteiger partial charge in [0, 0.05) is 5.69 Å². The molecule has 1 aromatic heterocycles. The van der Waals surface area contributed by atoms with Crippen molar-refractivity contribution in [3.05, 3.63) is 65.0 Å². The zero-order chi connectivity index (χ0) is 12.1. The molecule has 0 unspecified atom stereocenters. The first-order valence-electron chi connectivity index (χ1n) is 5.98. The third-order valence-corrected chi connectivity index (χ3v) is 2.74. The predicted molar refractivity (Wildman–Crippen MR) is 73.7 cm³/mol. The highest BCUT2D eigenvalue weighted by Gasteiger charge is 1.91. The minimum absolute atomic E-state index is 1.00. The lowest BCUT2D eigenvalue weighted by atomic mass is 10.1. The number of nitrogens with zero attached hydrogens (tertiary/aromatic N) is 1. The number of hydrogen-bond donors (Lipinski definition) is 0. The molecular weight excluding hydrogens is 206 g/mol. The van der Waals surface area contributed by atoms with Crippen LogP contribution in [0.25, 0.3) is 12.2 Å². The molecule has 86 valence electrons. The Balaban J connectivity index is 2.14. The first kappa shape index (κ1) is 11.6. The second-order valence-corrected chi connectivity index (χ2v) is 4.13. The quantitative estimate of drug-likeness (QED) is 0.762. The number of rotatable bonds is 3. The van der Waals surface area contributed by atoms with Crippen molar-refractivity contribution in [2.75, 3.05) is 0 Å². The molecule has 0 aliphatic heterocycles. The van der Waals surface area contributed by atoms with Crippen molar-refractivity contribution in [3.8, 4) is 0 Å². The summed E-state index contributed by atoms with van der Waals surface area (Å²) in [6.45, 7) is 4.18. The SMILES string of the molecule is CCc1ccc(C=Cc2cccc(C)n2)cc1. The number of pyridine rings is 1. The highest BCUT2D eigenvalue weighted by molar-refractivity contribution is 5.68.